The molecule has 2 heteroatoms. The average Bonchev–Trinajstić information content (AvgIpc) is 2.40. The molecule has 1 saturated heterocycles. The third-order valence-corrected chi connectivity index (χ3v) is 4.67. The molecule has 0 spiro atoms. The molecule has 0 aromatic carbocycles. The average molecular weight is 254 g/mol. The fourth-order valence-electron chi connectivity index (χ4n) is 3.37. The summed E-state index contributed by atoms with van der Waals surface area (Å²) in [7, 11) is 0. The zero-order valence-electron chi connectivity index (χ0n) is 12.2. The van der Waals surface area contributed by atoms with E-state index >= 15 is 0 Å². The van der Waals surface area contributed by atoms with Gasteiger partial charge in [-0.05, 0) is 44.9 Å². The van der Waals surface area contributed by atoms with Crippen molar-refractivity contribution >= 4 is 0 Å². The van der Waals surface area contributed by atoms with Gasteiger partial charge in [0.2, 0.25) is 0 Å². The van der Waals surface area contributed by atoms with Crippen LogP contribution >= 0.6 is 0 Å². The highest BCUT2D eigenvalue weighted by Crippen LogP contribution is 2.36. The molecule has 2 unspecified atom stereocenters. The lowest BCUT2D eigenvalue weighted by atomic mass is 9.79. The van der Waals surface area contributed by atoms with Gasteiger partial charge in [0.25, 0.3) is 0 Å². The van der Waals surface area contributed by atoms with Gasteiger partial charge in [-0.3, -0.25) is 0 Å². The molecule has 0 bridgehead atoms. The van der Waals surface area contributed by atoms with Gasteiger partial charge in [0.1, 0.15) is 0 Å². The maximum atomic E-state index is 5.94. The van der Waals surface area contributed by atoms with Crippen molar-refractivity contribution in [1.82, 2.24) is 0 Å². The molecule has 1 heterocycles. The molecule has 2 nitrogen and oxygen atoms in total. The van der Waals surface area contributed by atoms with Crippen molar-refractivity contribution in [1.29, 1.82) is 0 Å². The minimum absolute atomic E-state index is 0.102. The lowest BCUT2D eigenvalue weighted by Gasteiger charge is -2.37. The molecule has 2 aliphatic rings. The monoisotopic (exact) mass is 254 g/mol. The van der Waals surface area contributed by atoms with Crippen LogP contribution in [0.1, 0.15) is 71.6 Å². The fourth-order valence-corrected chi connectivity index (χ4v) is 3.37. The Bertz CT molecular complexity index is 221. The molecule has 0 N–H and O–H groups in total. The number of ether oxygens (including phenoxy) is 2. The van der Waals surface area contributed by atoms with Gasteiger partial charge < -0.3 is 9.47 Å². The fraction of sp³-hybridized carbons (Fsp3) is 1.00. The van der Waals surface area contributed by atoms with Crippen LogP contribution in [0.5, 0.6) is 0 Å². The first-order valence-electron chi connectivity index (χ1n) is 8.06. The van der Waals surface area contributed by atoms with E-state index in [1.807, 2.05) is 0 Å². The molecule has 0 radical (unpaired) electrons. The first kappa shape index (κ1) is 14.3. The Morgan fingerprint density at radius 2 is 1.78 bits per heavy atom. The Morgan fingerprint density at radius 3 is 2.44 bits per heavy atom. The smallest absolute Gasteiger partial charge is 0.160 e. The Balaban J connectivity index is 1.66. The van der Waals surface area contributed by atoms with Crippen molar-refractivity contribution in [2.75, 3.05) is 6.61 Å². The van der Waals surface area contributed by atoms with Gasteiger partial charge >= 0.3 is 0 Å². The van der Waals surface area contributed by atoms with Crippen LogP contribution in [0, 0.1) is 11.8 Å². The standard InChI is InChI=1S/C16H30O2/c1-3-4-5-6-14-7-9-15(10-8-14)16-17-12-11-13(2)18-16/h13-16H,3-12H2,1-2H3/t13?,14-,15-,16?. The van der Waals surface area contributed by atoms with Crippen molar-refractivity contribution in [2.24, 2.45) is 11.8 Å². The van der Waals surface area contributed by atoms with Crippen molar-refractivity contribution in [3.63, 3.8) is 0 Å². The highest BCUT2D eigenvalue weighted by atomic mass is 16.7. The topological polar surface area (TPSA) is 18.5 Å². The SMILES string of the molecule is CCCCC[C@H]1CC[C@H](C2OCCC(C)O2)CC1. The second-order valence-corrected chi connectivity index (χ2v) is 6.25. The predicted molar refractivity (Wildman–Crippen MR) is 74.5 cm³/mol. The van der Waals surface area contributed by atoms with E-state index in [9.17, 15) is 0 Å². The van der Waals surface area contributed by atoms with Crippen LogP contribution in [0.25, 0.3) is 0 Å². The second-order valence-electron chi connectivity index (χ2n) is 6.25. The number of rotatable bonds is 5. The van der Waals surface area contributed by atoms with Crippen LogP contribution in [0.4, 0.5) is 0 Å². The van der Waals surface area contributed by atoms with E-state index in [1.54, 1.807) is 0 Å². The minimum Gasteiger partial charge on any atom is -0.352 e. The largest absolute Gasteiger partial charge is 0.352 e. The molecule has 18 heavy (non-hydrogen) atoms. The van der Waals surface area contributed by atoms with Gasteiger partial charge in [-0.25, -0.2) is 0 Å². The van der Waals surface area contributed by atoms with Crippen molar-refractivity contribution in [2.45, 2.75) is 84.0 Å². The summed E-state index contributed by atoms with van der Waals surface area (Å²) < 4.78 is 11.7. The Kier molecular flexibility index (Phi) is 5.97. The Hall–Kier alpha value is -0.0800. The van der Waals surface area contributed by atoms with E-state index in [2.05, 4.69) is 13.8 Å². The highest BCUT2D eigenvalue weighted by molar-refractivity contribution is 4.76. The summed E-state index contributed by atoms with van der Waals surface area (Å²) >= 11 is 0. The quantitative estimate of drug-likeness (QED) is 0.671. The summed E-state index contributed by atoms with van der Waals surface area (Å²) in [6, 6.07) is 0. The Labute approximate surface area is 112 Å². The molecule has 1 aliphatic carbocycles. The van der Waals surface area contributed by atoms with Gasteiger partial charge in [-0.1, -0.05) is 32.6 Å². The van der Waals surface area contributed by atoms with Gasteiger partial charge in [-0.15, -0.1) is 0 Å². The first-order chi connectivity index (χ1) is 8.79. The van der Waals surface area contributed by atoms with E-state index < -0.39 is 0 Å². The minimum atomic E-state index is 0.102. The van der Waals surface area contributed by atoms with Crippen LogP contribution in [0.15, 0.2) is 0 Å². The van der Waals surface area contributed by atoms with Crippen LogP contribution in [-0.4, -0.2) is 19.0 Å². The second kappa shape index (κ2) is 7.49. The summed E-state index contributed by atoms with van der Waals surface area (Å²) in [6.45, 7) is 5.35. The van der Waals surface area contributed by atoms with Crippen molar-refractivity contribution in [3.8, 4) is 0 Å². The zero-order valence-corrected chi connectivity index (χ0v) is 12.2. The summed E-state index contributed by atoms with van der Waals surface area (Å²) in [5, 5.41) is 0. The van der Waals surface area contributed by atoms with E-state index in [0.717, 1.165) is 18.9 Å². The van der Waals surface area contributed by atoms with Crippen LogP contribution in [0.2, 0.25) is 0 Å². The molecule has 0 aromatic heterocycles. The molecule has 106 valence electrons. The predicted octanol–water partition coefficient (Wildman–Crippen LogP) is 4.52. The van der Waals surface area contributed by atoms with E-state index in [0.29, 0.717) is 12.0 Å². The third kappa shape index (κ3) is 4.24. The molecule has 1 aliphatic heterocycles. The normalized spacial score (nSPS) is 37.7. The number of hydrogen-bond donors (Lipinski definition) is 0. The maximum Gasteiger partial charge on any atom is 0.160 e. The van der Waals surface area contributed by atoms with Crippen LogP contribution in [0.3, 0.4) is 0 Å². The molecule has 2 rings (SSSR count). The molecule has 1 saturated carbocycles. The first-order valence-corrected chi connectivity index (χ1v) is 8.06. The Morgan fingerprint density at radius 1 is 1.00 bits per heavy atom. The van der Waals surface area contributed by atoms with E-state index in [4.69, 9.17) is 9.47 Å². The summed E-state index contributed by atoms with van der Waals surface area (Å²) in [5.74, 6) is 1.64. The van der Waals surface area contributed by atoms with Crippen molar-refractivity contribution < 1.29 is 9.47 Å². The molecular formula is C16H30O2. The van der Waals surface area contributed by atoms with Gasteiger partial charge in [0.15, 0.2) is 6.29 Å². The van der Waals surface area contributed by atoms with Crippen LogP contribution in [-0.2, 0) is 9.47 Å². The van der Waals surface area contributed by atoms with Gasteiger partial charge in [-0.2, -0.15) is 0 Å². The maximum absolute atomic E-state index is 5.94. The molecule has 2 atom stereocenters. The molecular weight excluding hydrogens is 224 g/mol. The summed E-state index contributed by atoms with van der Waals surface area (Å²) in [5.41, 5.74) is 0. The third-order valence-electron chi connectivity index (χ3n) is 4.67. The lowest BCUT2D eigenvalue weighted by Crippen LogP contribution is -2.37. The molecule has 2 fully saturated rings. The van der Waals surface area contributed by atoms with Crippen LogP contribution < -0.4 is 0 Å². The van der Waals surface area contributed by atoms with Gasteiger partial charge in [0, 0.05) is 5.92 Å². The highest BCUT2D eigenvalue weighted by Gasteiger charge is 2.31. The summed E-state index contributed by atoms with van der Waals surface area (Å²) in [4.78, 5) is 0. The molecule has 0 aromatic rings. The lowest BCUT2D eigenvalue weighted by molar-refractivity contribution is -0.236. The van der Waals surface area contributed by atoms with E-state index in [1.165, 1.54) is 51.4 Å². The number of hydrogen-bond acceptors (Lipinski definition) is 2. The van der Waals surface area contributed by atoms with Crippen molar-refractivity contribution in [3.05, 3.63) is 0 Å². The number of unbranched alkanes of at least 4 members (excludes halogenated alkanes) is 2. The zero-order chi connectivity index (χ0) is 12.8. The van der Waals surface area contributed by atoms with Gasteiger partial charge in [0.05, 0.1) is 12.7 Å². The summed E-state index contributed by atoms with van der Waals surface area (Å²) in [6.07, 6.45) is 12.6. The van der Waals surface area contributed by atoms with E-state index in [-0.39, 0.29) is 6.29 Å². The molecule has 0 amide bonds.